The van der Waals surface area contributed by atoms with Gasteiger partial charge in [-0.1, -0.05) is 19.9 Å². The van der Waals surface area contributed by atoms with Crippen LogP contribution >= 0.6 is 0 Å². The van der Waals surface area contributed by atoms with Gasteiger partial charge in [-0.15, -0.1) is 0 Å². The average molecular weight is 412 g/mol. The quantitative estimate of drug-likeness (QED) is 0.601. The van der Waals surface area contributed by atoms with E-state index in [9.17, 15) is 9.90 Å². The Kier molecular flexibility index (Phi) is 4.92. The van der Waals surface area contributed by atoms with E-state index in [-0.39, 0.29) is 5.91 Å². The summed E-state index contributed by atoms with van der Waals surface area (Å²) in [6.45, 7) is 12.0. The van der Waals surface area contributed by atoms with Crippen LogP contribution in [0.2, 0.25) is 0 Å². The van der Waals surface area contributed by atoms with E-state index in [1.807, 2.05) is 35.5 Å². The Bertz CT molecular complexity index is 1000. The molecule has 0 atom stereocenters. The van der Waals surface area contributed by atoms with Crippen molar-refractivity contribution in [2.45, 2.75) is 70.9 Å². The Hall–Kier alpha value is -2.41. The minimum absolute atomic E-state index is 0.155. The number of aliphatic hydroxyl groups is 1. The molecule has 0 aromatic carbocycles. The van der Waals surface area contributed by atoms with E-state index in [4.69, 9.17) is 10.4 Å². The molecule has 1 amide bonds. The molecule has 1 saturated carbocycles. The topological polar surface area (TPSA) is 84.9 Å². The second kappa shape index (κ2) is 7.08. The molecule has 2 N–H and O–H groups in total. The van der Waals surface area contributed by atoms with Crippen LogP contribution in [-0.2, 0) is 4.79 Å². The molecule has 1 aliphatic heterocycles. The second-order valence-corrected chi connectivity index (χ2v) is 9.91. The van der Waals surface area contributed by atoms with Gasteiger partial charge in [-0.3, -0.25) is 10.2 Å². The summed E-state index contributed by atoms with van der Waals surface area (Å²) in [5, 5.41) is 19.4. The number of pyridine rings is 1. The molecule has 162 valence electrons. The lowest BCUT2D eigenvalue weighted by Crippen LogP contribution is -2.65. The van der Waals surface area contributed by atoms with E-state index in [0.717, 1.165) is 12.1 Å². The molecule has 1 aliphatic carbocycles. The summed E-state index contributed by atoms with van der Waals surface area (Å²) in [4.78, 5) is 21.4. The second-order valence-electron chi connectivity index (χ2n) is 9.91. The third-order valence-electron chi connectivity index (χ3n) is 6.62. The van der Waals surface area contributed by atoms with Crippen LogP contribution in [-0.4, -0.2) is 66.8 Å². The van der Waals surface area contributed by atoms with Gasteiger partial charge >= 0.3 is 0 Å². The molecule has 0 radical (unpaired) electrons. The first kappa shape index (κ1) is 20.8. The van der Waals surface area contributed by atoms with Crippen LogP contribution in [0.25, 0.3) is 5.65 Å². The number of piperazine rings is 1. The van der Waals surface area contributed by atoms with Gasteiger partial charge in [-0.05, 0) is 57.1 Å². The summed E-state index contributed by atoms with van der Waals surface area (Å²) in [6.07, 6.45) is 6.00. The zero-order chi connectivity index (χ0) is 21.8. The maximum Gasteiger partial charge on any atom is 0.254 e. The van der Waals surface area contributed by atoms with Crippen LogP contribution in [0, 0.1) is 12.3 Å². The fourth-order valence-corrected chi connectivity index (χ4v) is 4.71. The number of carbonyl (C=O) groups is 1. The van der Waals surface area contributed by atoms with E-state index in [2.05, 4.69) is 26.8 Å². The summed E-state index contributed by atoms with van der Waals surface area (Å²) in [5.41, 5.74) is 2.30. The molecule has 0 spiro atoms. The minimum atomic E-state index is -1.17. The first-order valence-corrected chi connectivity index (χ1v) is 10.9. The summed E-state index contributed by atoms with van der Waals surface area (Å²) in [7, 11) is 0. The molecule has 2 aromatic rings. The monoisotopic (exact) mass is 411 g/mol. The van der Waals surface area contributed by atoms with Crippen molar-refractivity contribution in [1.29, 1.82) is 5.41 Å². The van der Waals surface area contributed by atoms with Gasteiger partial charge in [0.2, 0.25) is 0 Å². The van der Waals surface area contributed by atoms with E-state index in [0.29, 0.717) is 49.9 Å². The highest BCUT2D eigenvalue weighted by molar-refractivity contribution is 5.96. The maximum atomic E-state index is 12.8. The number of hydrogen-bond acceptors (Lipinski definition) is 4. The van der Waals surface area contributed by atoms with Crippen molar-refractivity contribution in [2.75, 3.05) is 19.6 Å². The zero-order valence-electron chi connectivity index (χ0n) is 18.7. The Labute approximate surface area is 178 Å². The third kappa shape index (κ3) is 3.39. The van der Waals surface area contributed by atoms with E-state index in [1.54, 1.807) is 4.90 Å². The summed E-state index contributed by atoms with van der Waals surface area (Å²) < 4.78 is 2.02. The number of rotatable bonds is 3. The lowest BCUT2D eigenvalue weighted by Gasteiger charge is -2.50. The van der Waals surface area contributed by atoms with Crippen LogP contribution in [0.15, 0.2) is 18.5 Å². The molecule has 4 rings (SSSR count). The van der Waals surface area contributed by atoms with Crippen molar-refractivity contribution < 1.29 is 9.90 Å². The van der Waals surface area contributed by atoms with Crippen LogP contribution in [0.4, 0.5) is 0 Å². The predicted octanol–water partition coefficient (Wildman–Crippen LogP) is 2.93. The number of nitrogens with one attached hydrogen (secondary N) is 1. The van der Waals surface area contributed by atoms with Gasteiger partial charge in [-0.25, -0.2) is 4.98 Å². The standard InChI is InChI=1S/C23H33N5O2/c1-15(2)17-11-16(3)12-27-13-18(25-20(17)27)19(24)28-10-9-26(14-22(28,4)5)21(29)23(30)7-6-8-23/h11-13,15,24,30H,6-10,14H2,1-5H3. The van der Waals surface area contributed by atoms with Gasteiger partial charge in [0.1, 0.15) is 22.8 Å². The van der Waals surface area contributed by atoms with Gasteiger partial charge in [0, 0.05) is 32.0 Å². The Morgan fingerprint density at radius 1 is 1.23 bits per heavy atom. The summed E-state index contributed by atoms with van der Waals surface area (Å²) in [6, 6.07) is 2.17. The van der Waals surface area contributed by atoms with Crippen molar-refractivity contribution in [3.63, 3.8) is 0 Å². The molecule has 1 saturated heterocycles. The van der Waals surface area contributed by atoms with E-state index in [1.165, 1.54) is 11.1 Å². The highest BCUT2D eigenvalue weighted by Crippen LogP contribution is 2.35. The van der Waals surface area contributed by atoms with Crippen LogP contribution in [0.1, 0.15) is 69.7 Å². The highest BCUT2D eigenvalue weighted by atomic mass is 16.3. The molecule has 30 heavy (non-hydrogen) atoms. The van der Waals surface area contributed by atoms with Gasteiger partial charge in [-0.2, -0.15) is 0 Å². The molecule has 7 nitrogen and oxygen atoms in total. The number of imidazole rings is 1. The predicted molar refractivity (Wildman–Crippen MR) is 117 cm³/mol. The highest BCUT2D eigenvalue weighted by Gasteiger charge is 2.47. The molecule has 2 aliphatic rings. The zero-order valence-corrected chi connectivity index (χ0v) is 18.7. The molecular formula is C23H33N5O2. The molecule has 7 heteroatoms. The smallest absolute Gasteiger partial charge is 0.254 e. The van der Waals surface area contributed by atoms with E-state index >= 15 is 0 Å². The molecular weight excluding hydrogens is 378 g/mol. The number of aromatic nitrogens is 2. The lowest BCUT2D eigenvalue weighted by atomic mass is 9.78. The fraction of sp³-hybridized carbons (Fsp3) is 0.609. The van der Waals surface area contributed by atoms with Crippen LogP contribution in [0.5, 0.6) is 0 Å². The Balaban J connectivity index is 1.58. The first-order valence-electron chi connectivity index (χ1n) is 10.9. The molecule has 0 bridgehead atoms. The summed E-state index contributed by atoms with van der Waals surface area (Å²) in [5.74, 6) is 0.573. The fourth-order valence-electron chi connectivity index (χ4n) is 4.71. The van der Waals surface area contributed by atoms with Gasteiger partial charge in [0.05, 0.1) is 5.54 Å². The normalized spacial score (nSPS) is 20.5. The number of amidine groups is 1. The third-order valence-corrected chi connectivity index (χ3v) is 6.62. The lowest BCUT2D eigenvalue weighted by molar-refractivity contribution is -0.164. The molecule has 2 aromatic heterocycles. The minimum Gasteiger partial charge on any atom is -0.380 e. The number of carbonyl (C=O) groups excluding carboxylic acids is 1. The van der Waals surface area contributed by atoms with Crippen molar-refractivity contribution in [3.05, 3.63) is 35.3 Å². The van der Waals surface area contributed by atoms with Gasteiger partial charge in [0.15, 0.2) is 0 Å². The number of nitrogens with zero attached hydrogens (tertiary/aromatic N) is 4. The SMILES string of the molecule is Cc1cc(C(C)C)c2nc(C(=N)N3CCN(C(=O)C4(O)CCC4)CC3(C)C)cn2c1. The van der Waals surface area contributed by atoms with Gasteiger partial charge < -0.3 is 19.3 Å². The van der Waals surface area contributed by atoms with Crippen molar-refractivity contribution in [3.8, 4) is 0 Å². The molecule has 0 unspecified atom stereocenters. The van der Waals surface area contributed by atoms with E-state index < -0.39 is 11.1 Å². The number of amides is 1. The number of aryl methyl sites for hydroxylation is 1. The Morgan fingerprint density at radius 2 is 1.93 bits per heavy atom. The van der Waals surface area contributed by atoms with Crippen LogP contribution in [0.3, 0.4) is 0 Å². The average Bonchev–Trinajstić information content (AvgIpc) is 3.07. The summed E-state index contributed by atoms with van der Waals surface area (Å²) >= 11 is 0. The van der Waals surface area contributed by atoms with Crippen molar-refractivity contribution in [1.82, 2.24) is 19.2 Å². The number of hydrogen-bond donors (Lipinski definition) is 2. The number of fused-ring (bicyclic) bond motifs is 1. The first-order chi connectivity index (χ1) is 14.0. The molecule has 3 heterocycles. The van der Waals surface area contributed by atoms with Crippen molar-refractivity contribution in [2.24, 2.45) is 0 Å². The maximum absolute atomic E-state index is 12.8. The molecule has 2 fully saturated rings. The van der Waals surface area contributed by atoms with Gasteiger partial charge in [0.25, 0.3) is 5.91 Å². The van der Waals surface area contributed by atoms with Crippen molar-refractivity contribution >= 4 is 17.4 Å². The van der Waals surface area contributed by atoms with Crippen LogP contribution < -0.4 is 0 Å². The largest absolute Gasteiger partial charge is 0.380 e. The Morgan fingerprint density at radius 3 is 2.50 bits per heavy atom.